The summed E-state index contributed by atoms with van der Waals surface area (Å²) in [7, 11) is 0. The second-order valence-corrected chi connectivity index (χ2v) is 5.04. The maximum absolute atomic E-state index is 11.4. The molecule has 0 spiro atoms. The molecule has 0 radical (unpaired) electrons. The maximum Gasteiger partial charge on any atom is 0.227 e. The fraction of sp³-hybridized carbons (Fsp3) is 0.600. The molecule has 0 aliphatic heterocycles. The van der Waals surface area contributed by atoms with Crippen molar-refractivity contribution in [3.05, 3.63) is 11.1 Å². The van der Waals surface area contributed by atoms with E-state index in [1.54, 1.807) is 6.20 Å². The maximum atomic E-state index is 11.4. The van der Waals surface area contributed by atoms with Gasteiger partial charge < -0.3 is 10.6 Å². The first-order valence-electron chi connectivity index (χ1n) is 5.20. The molecular weight excluding hydrogens is 210 g/mol. The highest BCUT2D eigenvalue weighted by Gasteiger charge is 2.20. The van der Waals surface area contributed by atoms with Gasteiger partial charge >= 0.3 is 0 Å². The lowest BCUT2D eigenvalue weighted by Crippen LogP contribution is -2.23. The van der Waals surface area contributed by atoms with Gasteiger partial charge in [-0.1, -0.05) is 0 Å². The van der Waals surface area contributed by atoms with E-state index in [0.29, 0.717) is 17.6 Å². The Balaban J connectivity index is 1.67. The third-order valence-electron chi connectivity index (χ3n) is 2.23. The second-order valence-electron chi connectivity index (χ2n) is 3.80. The van der Waals surface area contributed by atoms with E-state index in [0.717, 1.165) is 11.4 Å². The lowest BCUT2D eigenvalue weighted by Gasteiger charge is -2.02. The predicted octanol–water partition coefficient (Wildman–Crippen LogP) is 1.53. The van der Waals surface area contributed by atoms with Crippen LogP contribution in [0.5, 0.6) is 0 Å². The van der Waals surface area contributed by atoms with Gasteiger partial charge in [0, 0.05) is 30.1 Å². The average molecular weight is 225 g/mol. The quantitative estimate of drug-likeness (QED) is 0.799. The van der Waals surface area contributed by atoms with Gasteiger partial charge in [-0.15, -0.1) is 11.3 Å². The minimum atomic E-state index is 0.0394. The monoisotopic (exact) mass is 225 g/mol. The highest BCUT2D eigenvalue weighted by atomic mass is 32.1. The Morgan fingerprint density at radius 2 is 2.47 bits per heavy atom. The minimum Gasteiger partial charge on any atom is -0.313 e. The molecule has 2 N–H and O–H groups in total. The van der Waals surface area contributed by atoms with E-state index in [2.05, 4.69) is 15.6 Å². The number of rotatable bonds is 5. The number of hydrogen-bond acceptors (Lipinski definition) is 4. The Labute approximate surface area is 93.1 Å². The SMILES string of the molecule is Cc1cnc(NC(=O)CCNC2CC2)s1. The van der Waals surface area contributed by atoms with Crippen molar-refractivity contribution in [2.75, 3.05) is 11.9 Å². The van der Waals surface area contributed by atoms with Crippen molar-refractivity contribution >= 4 is 22.4 Å². The number of amides is 1. The number of aromatic nitrogens is 1. The molecule has 0 saturated heterocycles. The molecule has 1 saturated carbocycles. The number of thiazole rings is 1. The summed E-state index contributed by atoms with van der Waals surface area (Å²) in [5.41, 5.74) is 0. The van der Waals surface area contributed by atoms with E-state index in [-0.39, 0.29) is 5.91 Å². The third kappa shape index (κ3) is 3.60. The van der Waals surface area contributed by atoms with Gasteiger partial charge in [0.2, 0.25) is 5.91 Å². The number of nitrogens with zero attached hydrogens (tertiary/aromatic N) is 1. The molecular formula is C10H15N3OS. The number of hydrogen-bond donors (Lipinski definition) is 2. The van der Waals surface area contributed by atoms with Crippen molar-refractivity contribution in [2.45, 2.75) is 32.2 Å². The molecule has 1 fully saturated rings. The summed E-state index contributed by atoms with van der Waals surface area (Å²) < 4.78 is 0. The number of nitrogens with one attached hydrogen (secondary N) is 2. The Morgan fingerprint density at radius 1 is 1.67 bits per heavy atom. The van der Waals surface area contributed by atoms with Crippen LogP contribution in [-0.2, 0) is 4.79 Å². The van der Waals surface area contributed by atoms with Crippen LogP contribution < -0.4 is 10.6 Å². The summed E-state index contributed by atoms with van der Waals surface area (Å²) in [4.78, 5) is 16.6. The van der Waals surface area contributed by atoms with Crippen LogP contribution in [0.3, 0.4) is 0 Å². The Hall–Kier alpha value is -0.940. The Bertz CT molecular complexity index is 346. The van der Waals surface area contributed by atoms with Crippen LogP contribution in [0.25, 0.3) is 0 Å². The fourth-order valence-corrected chi connectivity index (χ4v) is 1.95. The van der Waals surface area contributed by atoms with Crippen molar-refractivity contribution < 1.29 is 4.79 Å². The molecule has 1 aliphatic carbocycles. The summed E-state index contributed by atoms with van der Waals surface area (Å²) >= 11 is 1.50. The van der Waals surface area contributed by atoms with Gasteiger partial charge in [-0.05, 0) is 19.8 Å². The molecule has 5 heteroatoms. The Kier molecular flexibility index (Phi) is 3.33. The van der Waals surface area contributed by atoms with E-state index in [4.69, 9.17) is 0 Å². The topological polar surface area (TPSA) is 54.0 Å². The largest absolute Gasteiger partial charge is 0.313 e. The number of aryl methyl sites for hydroxylation is 1. The summed E-state index contributed by atoms with van der Waals surface area (Å²) in [6, 6.07) is 0.667. The van der Waals surface area contributed by atoms with Gasteiger partial charge in [-0.25, -0.2) is 4.98 Å². The first kappa shape index (κ1) is 10.6. The van der Waals surface area contributed by atoms with E-state index in [1.165, 1.54) is 24.2 Å². The molecule has 1 heterocycles. The molecule has 2 rings (SSSR count). The first-order valence-corrected chi connectivity index (χ1v) is 6.01. The molecule has 1 aliphatic rings. The number of carbonyl (C=O) groups is 1. The molecule has 0 unspecified atom stereocenters. The highest BCUT2D eigenvalue weighted by Crippen LogP contribution is 2.18. The van der Waals surface area contributed by atoms with Crippen LogP contribution in [0.15, 0.2) is 6.20 Å². The van der Waals surface area contributed by atoms with Crippen LogP contribution in [0.2, 0.25) is 0 Å². The van der Waals surface area contributed by atoms with Crippen molar-refractivity contribution in [1.29, 1.82) is 0 Å². The number of carbonyl (C=O) groups excluding carboxylic acids is 1. The van der Waals surface area contributed by atoms with E-state index in [1.807, 2.05) is 6.92 Å². The second kappa shape index (κ2) is 4.72. The third-order valence-corrected chi connectivity index (χ3v) is 3.06. The zero-order valence-corrected chi connectivity index (χ0v) is 9.56. The van der Waals surface area contributed by atoms with Gasteiger partial charge in [0.1, 0.15) is 0 Å². The number of anilines is 1. The molecule has 1 aromatic rings. The van der Waals surface area contributed by atoms with Crippen molar-refractivity contribution in [3.8, 4) is 0 Å². The van der Waals surface area contributed by atoms with Gasteiger partial charge in [-0.2, -0.15) is 0 Å². The molecule has 15 heavy (non-hydrogen) atoms. The van der Waals surface area contributed by atoms with E-state index >= 15 is 0 Å². The van der Waals surface area contributed by atoms with E-state index in [9.17, 15) is 4.79 Å². The van der Waals surface area contributed by atoms with E-state index < -0.39 is 0 Å². The van der Waals surface area contributed by atoms with Crippen LogP contribution in [-0.4, -0.2) is 23.5 Å². The van der Waals surface area contributed by atoms with Gasteiger partial charge in [0.05, 0.1) is 0 Å². The predicted molar refractivity (Wildman–Crippen MR) is 61.1 cm³/mol. The normalized spacial score (nSPS) is 15.3. The van der Waals surface area contributed by atoms with Gasteiger partial charge in [0.25, 0.3) is 0 Å². The molecule has 0 atom stereocenters. The minimum absolute atomic E-state index is 0.0394. The van der Waals surface area contributed by atoms with Crippen LogP contribution >= 0.6 is 11.3 Å². The van der Waals surface area contributed by atoms with Crippen LogP contribution in [0, 0.1) is 6.92 Å². The van der Waals surface area contributed by atoms with Crippen LogP contribution in [0.1, 0.15) is 24.1 Å². The smallest absolute Gasteiger partial charge is 0.227 e. The lowest BCUT2D eigenvalue weighted by atomic mass is 10.4. The molecule has 1 aromatic heterocycles. The first-order chi connectivity index (χ1) is 7.24. The Morgan fingerprint density at radius 3 is 3.07 bits per heavy atom. The zero-order valence-electron chi connectivity index (χ0n) is 8.75. The molecule has 1 amide bonds. The van der Waals surface area contributed by atoms with Crippen molar-refractivity contribution in [1.82, 2.24) is 10.3 Å². The summed E-state index contributed by atoms with van der Waals surface area (Å²) in [6.45, 7) is 2.74. The molecule has 0 bridgehead atoms. The molecule has 4 nitrogen and oxygen atoms in total. The summed E-state index contributed by atoms with van der Waals surface area (Å²) in [5.74, 6) is 0.0394. The van der Waals surface area contributed by atoms with Crippen molar-refractivity contribution in [2.24, 2.45) is 0 Å². The summed E-state index contributed by atoms with van der Waals surface area (Å²) in [5, 5.41) is 6.78. The van der Waals surface area contributed by atoms with Gasteiger partial charge in [-0.3, -0.25) is 4.79 Å². The fourth-order valence-electron chi connectivity index (χ4n) is 1.27. The lowest BCUT2D eigenvalue weighted by molar-refractivity contribution is -0.116. The van der Waals surface area contributed by atoms with Gasteiger partial charge in [0.15, 0.2) is 5.13 Å². The summed E-state index contributed by atoms with van der Waals surface area (Å²) in [6.07, 6.45) is 4.80. The highest BCUT2D eigenvalue weighted by molar-refractivity contribution is 7.15. The van der Waals surface area contributed by atoms with Crippen molar-refractivity contribution in [3.63, 3.8) is 0 Å². The molecule has 82 valence electrons. The zero-order chi connectivity index (χ0) is 10.7. The average Bonchev–Trinajstić information content (AvgIpc) is 2.91. The van der Waals surface area contributed by atoms with Crippen LogP contribution in [0.4, 0.5) is 5.13 Å². The standard InChI is InChI=1S/C10H15N3OS/c1-7-6-12-10(15-7)13-9(14)4-5-11-8-2-3-8/h6,8,11H,2-5H2,1H3,(H,12,13,14). The molecule has 0 aromatic carbocycles.